The van der Waals surface area contributed by atoms with Gasteiger partial charge in [-0.1, -0.05) is 23.7 Å². The van der Waals surface area contributed by atoms with E-state index >= 15 is 0 Å². The minimum Gasteiger partial charge on any atom is -0.481 e. The zero-order chi connectivity index (χ0) is 18.4. The standard InChI is InChI=1S/C17H15ClFNO4S/c18-11-4-6-13(7-5-11)25(23,24)15-14(17(15,9-20)16(21)22)10-2-1-3-12(19)8-10/h1-8,14-15H,9,20H2,(H,21,22)/t14-,15-,17+/m1/s1. The second-order valence-corrected chi connectivity index (χ2v) is 8.51. The van der Waals surface area contributed by atoms with Crippen LogP contribution < -0.4 is 5.73 Å². The third kappa shape index (κ3) is 2.72. The predicted octanol–water partition coefficient (Wildman–Crippen LogP) is 2.45. The van der Waals surface area contributed by atoms with Crippen LogP contribution in [-0.4, -0.2) is 31.3 Å². The number of aliphatic carboxylic acids is 1. The van der Waals surface area contributed by atoms with E-state index in [0.29, 0.717) is 10.6 Å². The molecule has 5 nitrogen and oxygen atoms in total. The fourth-order valence-corrected chi connectivity index (χ4v) is 5.90. The molecule has 25 heavy (non-hydrogen) atoms. The summed E-state index contributed by atoms with van der Waals surface area (Å²) in [5.41, 5.74) is 4.28. The smallest absolute Gasteiger partial charge is 0.312 e. The van der Waals surface area contributed by atoms with Crippen LogP contribution in [0, 0.1) is 11.2 Å². The first-order valence-corrected chi connectivity index (χ1v) is 9.36. The van der Waals surface area contributed by atoms with Gasteiger partial charge in [-0.05, 0) is 42.0 Å². The molecule has 3 atom stereocenters. The summed E-state index contributed by atoms with van der Waals surface area (Å²) < 4.78 is 39.6. The van der Waals surface area contributed by atoms with Gasteiger partial charge in [-0.2, -0.15) is 0 Å². The number of carboxylic acid groups (broad SMARTS) is 1. The van der Waals surface area contributed by atoms with Gasteiger partial charge in [-0.15, -0.1) is 0 Å². The molecule has 0 radical (unpaired) electrons. The highest BCUT2D eigenvalue weighted by molar-refractivity contribution is 7.92. The van der Waals surface area contributed by atoms with Crippen molar-refractivity contribution in [1.29, 1.82) is 0 Å². The van der Waals surface area contributed by atoms with Crippen molar-refractivity contribution in [3.63, 3.8) is 0 Å². The second-order valence-electron chi connectivity index (χ2n) is 6.00. The molecule has 0 saturated heterocycles. The number of rotatable bonds is 5. The van der Waals surface area contributed by atoms with E-state index in [4.69, 9.17) is 17.3 Å². The van der Waals surface area contributed by atoms with E-state index in [-0.39, 0.29) is 11.4 Å². The van der Waals surface area contributed by atoms with Gasteiger partial charge in [0.05, 0.1) is 10.1 Å². The number of carboxylic acids is 1. The first-order valence-electron chi connectivity index (χ1n) is 7.43. The Morgan fingerprint density at radius 3 is 2.40 bits per heavy atom. The normalized spacial score (nSPS) is 25.6. The molecule has 8 heteroatoms. The van der Waals surface area contributed by atoms with Gasteiger partial charge in [0, 0.05) is 17.5 Å². The van der Waals surface area contributed by atoms with E-state index in [1.54, 1.807) is 0 Å². The molecule has 3 rings (SSSR count). The molecule has 132 valence electrons. The Bertz CT molecular complexity index is 932. The lowest BCUT2D eigenvalue weighted by molar-refractivity contribution is -0.143. The minimum absolute atomic E-state index is 0.0418. The number of halogens is 2. The molecule has 1 saturated carbocycles. The fourth-order valence-electron chi connectivity index (χ4n) is 3.39. The molecule has 0 spiro atoms. The maximum Gasteiger partial charge on any atom is 0.312 e. The predicted molar refractivity (Wildman–Crippen MR) is 90.7 cm³/mol. The van der Waals surface area contributed by atoms with Crippen molar-refractivity contribution in [2.75, 3.05) is 6.54 Å². The Hall–Kier alpha value is -1.96. The van der Waals surface area contributed by atoms with Crippen LogP contribution in [0.15, 0.2) is 53.4 Å². The fraction of sp³-hybridized carbons (Fsp3) is 0.235. The Balaban J connectivity index is 2.12. The first kappa shape index (κ1) is 17.8. The number of benzene rings is 2. The highest BCUT2D eigenvalue weighted by Gasteiger charge is 2.75. The largest absolute Gasteiger partial charge is 0.481 e. The van der Waals surface area contributed by atoms with Crippen molar-refractivity contribution in [2.24, 2.45) is 11.1 Å². The lowest BCUT2D eigenvalue weighted by Crippen LogP contribution is -2.31. The SMILES string of the molecule is NC[C@]1(C(=O)O)[C@H](c2cccc(F)c2)[C@H]1S(=O)(=O)c1ccc(Cl)cc1. The maximum atomic E-state index is 13.6. The van der Waals surface area contributed by atoms with Crippen LogP contribution in [0.5, 0.6) is 0 Å². The van der Waals surface area contributed by atoms with E-state index in [1.807, 2.05) is 0 Å². The summed E-state index contributed by atoms with van der Waals surface area (Å²) in [5, 5.41) is 8.76. The highest BCUT2D eigenvalue weighted by Crippen LogP contribution is 2.63. The summed E-state index contributed by atoms with van der Waals surface area (Å²) >= 11 is 5.78. The van der Waals surface area contributed by atoms with E-state index in [2.05, 4.69) is 0 Å². The van der Waals surface area contributed by atoms with Gasteiger partial charge in [0.2, 0.25) is 0 Å². The maximum absolute atomic E-state index is 13.6. The van der Waals surface area contributed by atoms with Crippen LogP contribution in [-0.2, 0) is 14.6 Å². The van der Waals surface area contributed by atoms with Crippen LogP contribution >= 0.6 is 11.6 Å². The molecule has 1 aliphatic carbocycles. The van der Waals surface area contributed by atoms with Crippen LogP contribution in [0.4, 0.5) is 4.39 Å². The molecule has 1 aliphatic rings. The summed E-state index contributed by atoms with van der Waals surface area (Å²) in [6, 6.07) is 10.8. The number of nitrogens with two attached hydrogens (primary N) is 1. The molecule has 3 N–H and O–H groups in total. The van der Waals surface area contributed by atoms with Crippen molar-refractivity contribution >= 4 is 27.4 Å². The molecule has 2 aromatic carbocycles. The van der Waals surface area contributed by atoms with Gasteiger partial charge >= 0.3 is 5.97 Å². The van der Waals surface area contributed by atoms with Crippen molar-refractivity contribution in [3.8, 4) is 0 Å². The zero-order valence-electron chi connectivity index (χ0n) is 12.9. The van der Waals surface area contributed by atoms with E-state index in [0.717, 1.165) is 6.07 Å². The average molecular weight is 384 g/mol. The van der Waals surface area contributed by atoms with Gasteiger partial charge in [-0.3, -0.25) is 4.79 Å². The Labute approximate surface area is 149 Å². The number of carbonyl (C=O) groups is 1. The summed E-state index contributed by atoms with van der Waals surface area (Å²) in [4.78, 5) is 11.8. The summed E-state index contributed by atoms with van der Waals surface area (Å²) in [6.45, 7) is -0.374. The first-order chi connectivity index (χ1) is 11.7. The third-order valence-electron chi connectivity index (χ3n) is 4.68. The molecule has 0 unspecified atom stereocenters. The molecule has 0 aromatic heterocycles. The lowest BCUT2D eigenvalue weighted by Gasteiger charge is -2.10. The van der Waals surface area contributed by atoms with Crippen molar-refractivity contribution in [2.45, 2.75) is 16.1 Å². The third-order valence-corrected chi connectivity index (χ3v) is 7.22. The summed E-state index contributed by atoms with van der Waals surface area (Å²) in [6.07, 6.45) is 0. The molecule has 0 heterocycles. The molecule has 2 aromatic rings. The van der Waals surface area contributed by atoms with E-state index in [1.165, 1.54) is 42.5 Å². The van der Waals surface area contributed by atoms with Crippen molar-refractivity contribution in [1.82, 2.24) is 0 Å². The van der Waals surface area contributed by atoms with Crippen LogP contribution in [0.1, 0.15) is 11.5 Å². The lowest BCUT2D eigenvalue weighted by atomic mass is 9.99. The second kappa shape index (κ2) is 6.09. The quantitative estimate of drug-likeness (QED) is 0.826. The zero-order valence-corrected chi connectivity index (χ0v) is 14.5. The van der Waals surface area contributed by atoms with Crippen LogP contribution in [0.25, 0.3) is 0 Å². The number of hydrogen-bond acceptors (Lipinski definition) is 4. The van der Waals surface area contributed by atoms with Gasteiger partial charge in [0.1, 0.15) is 11.2 Å². The topological polar surface area (TPSA) is 97.5 Å². The van der Waals surface area contributed by atoms with Crippen molar-refractivity contribution < 1.29 is 22.7 Å². The molecular weight excluding hydrogens is 369 g/mol. The molecule has 1 fully saturated rings. The average Bonchev–Trinajstić information content (AvgIpc) is 3.27. The summed E-state index contributed by atoms with van der Waals surface area (Å²) in [5.74, 6) is -2.80. The Kier molecular flexibility index (Phi) is 4.35. The Morgan fingerprint density at radius 1 is 1.24 bits per heavy atom. The number of sulfone groups is 1. The van der Waals surface area contributed by atoms with Crippen LogP contribution in [0.3, 0.4) is 0 Å². The molecular formula is C17H15ClFNO4S. The molecule has 0 amide bonds. The monoisotopic (exact) mass is 383 g/mol. The van der Waals surface area contributed by atoms with Gasteiger partial charge < -0.3 is 10.8 Å². The summed E-state index contributed by atoms with van der Waals surface area (Å²) in [7, 11) is -4.00. The van der Waals surface area contributed by atoms with Gasteiger partial charge in [0.15, 0.2) is 9.84 Å². The number of hydrogen-bond donors (Lipinski definition) is 2. The molecule has 0 aliphatic heterocycles. The van der Waals surface area contributed by atoms with E-state index < -0.39 is 38.2 Å². The highest BCUT2D eigenvalue weighted by atomic mass is 35.5. The van der Waals surface area contributed by atoms with Crippen molar-refractivity contribution in [3.05, 3.63) is 64.9 Å². The van der Waals surface area contributed by atoms with Crippen LogP contribution in [0.2, 0.25) is 5.02 Å². The van der Waals surface area contributed by atoms with Gasteiger partial charge in [-0.25, -0.2) is 12.8 Å². The van der Waals surface area contributed by atoms with Gasteiger partial charge in [0.25, 0.3) is 0 Å². The molecule has 0 bridgehead atoms. The Morgan fingerprint density at radius 2 is 1.88 bits per heavy atom. The minimum atomic E-state index is -4.00. The van der Waals surface area contributed by atoms with E-state index in [9.17, 15) is 22.7 Å².